The zero-order valence-electron chi connectivity index (χ0n) is 18.9. The van der Waals surface area contributed by atoms with Crippen molar-refractivity contribution in [3.8, 4) is 11.5 Å². The SMILES string of the molecule is CCOc1ccccc1NC(=O)CN(Cc1ccccc1)S(=O)(=O)c1ccc(OC)c(C)c1. The number of nitrogens with zero attached hydrogens (tertiary/aromatic N) is 1. The van der Waals surface area contributed by atoms with E-state index in [-0.39, 0.29) is 18.0 Å². The summed E-state index contributed by atoms with van der Waals surface area (Å²) in [7, 11) is -2.44. The molecule has 1 N–H and O–H groups in total. The average Bonchev–Trinajstić information content (AvgIpc) is 2.80. The number of hydrogen-bond donors (Lipinski definition) is 1. The molecule has 174 valence electrons. The van der Waals surface area contributed by atoms with Gasteiger partial charge < -0.3 is 14.8 Å². The highest BCUT2D eigenvalue weighted by Gasteiger charge is 2.28. The second-order valence-electron chi connectivity index (χ2n) is 7.37. The van der Waals surface area contributed by atoms with Gasteiger partial charge in [-0.05, 0) is 55.3 Å². The van der Waals surface area contributed by atoms with E-state index in [9.17, 15) is 13.2 Å². The van der Waals surface area contributed by atoms with Crippen molar-refractivity contribution in [2.24, 2.45) is 0 Å². The van der Waals surface area contributed by atoms with E-state index in [1.54, 1.807) is 43.3 Å². The molecule has 0 radical (unpaired) electrons. The van der Waals surface area contributed by atoms with Gasteiger partial charge in [-0.2, -0.15) is 4.31 Å². The Kier molecular flexibility index (Phi) is 8.08. The predicted octanol–water partition coefficient (Wildman–Crippen LogP) is 4.23. The van der Waals surface area contributed by atoms with Crippen LogP contribution in [0.3, 0.4) is 0 Å². The molecular formula is C25H28N2O5S. The van der Waals surface area contributed by atoms with Gasteiger partial charge in [0.15, 0.2) is 0 Å². The number of anilines is 1. The fourth-order valence-electron chi connectivity index (χ4n) is 3.37. The summed E-state index contributed by atoms with van der Waals surface area (Å²) in [5.41, 5.74) is 1.95. The van der Waals surface area contributed by atoms with Crippen LogP contribution in [0.1, 0.15) is 18.1 Å². The lowest BCUT2D eigenvalue weighted by molar-refractivity contribution is -0.116. The summed E-state index contributed by atoms with van der Waals surface area (Å²) in [5, 5.41) is 2.77. The average molecular weight is 469 g/mol. The van der Waals surface area contributed by atoms with Crippen molar-refractivity contribution in [2.75, 3.05) is 25.6 Å². The van der Waals surface area contributed by atoms with Crippen LogP contribution >= 0.6 is 0 Å². The fourth-order valence-corrected chi connectivity index (χ4v) is 4.84. The zero-order chi connectivity index (χ0) is 23.8. The number of para-hydroxylation sites is 2. The van der Waals surface area contributed by atoms with E-state index >= 15 is 0 Å². The summed E-state index contributed by atoms with van der Waals surface area (Å²) >= 11 is 0. The highest BCUT2D eigenvalue weighted by molar-refractivity contribution is 7.89. The van der Waals surface area contributed by atoms with Crippen LogP contribution in [-0.4, -0.2) is 38.9 Å². The van der Waals surface area contributed by atoms with Crippen LogP contribution in [0.4, 0.5) is 5.69 Å². The van der Waals surface area contributed by atoms with E-state index < -0.39 is 15.9 Å². The van der Waals surface area contributed by atoms with Crippen LogP contribution in [0.2, 0.25) is 0 Å². The first-order chi connectivity index (χ1) is 15.8. The van der Waals surface area contributed by atoms with Gasteiger partial charge in [-0.25, -0.2) is 8.42 Å². The monoisotopic (exact) mass is 468 g/mol. The molecule has 0 unspecified atom stereocenters. The lowest BCUT2D eigenvalue weighted by atomic mass is 10.2. The van der Waals surface area contributed by atoms with Crippen molar-refractivity contribution in [3.63, 3.8) is 0 Å². The Morgan fingerprint density at radius 3 is 2.33 bits per heavy atom. The van der Waals surface area contributed by atoms with E-state index in [1.807, 2.05) is 37.3 Å². The molecular weight excluding hydrogens is 440 g/mol. The molecule has 0 fully saturated rings. The topological polar surface area (TPSA) is 84.9 Å². The maximum absolute atomic E-state index is 13.5. The Morgan fingerprint density at radius 1 is 0.970 bits per heavy atom. The molecule has 3 aromatic carbocycles. The molecule has 1 amide bonds. The Hall–Kier alpha value is -3.36. The first-order valence-electron chi connectivity index (χ1n) is 10.6. The van der Waals surface area contributed by atoms with E-state index in [1.165, 1.54) is 17.5 Å². The summed E-state index contributed by atoms with van der Waals surface area (Å²) < 4.78 is 39.0. The zero-order valence-corrected chi connectivity index (χ0v) is 19.8. The van der Waals surface area contributed by atoms with Crippen molar-refractivity contribution < 1.29 is 22.7 Å². The maximum atomic E-state index is 13.5. The van der Waals surface area contributed by atoms with Crippen molar-refractivity contribution >= 4 is 21.6 Å². The number of sulfonamides is 1. The normalized spacial score (nSPS) is 11.3. The molecule has 8 heteroatoms. The molecule has 0 bridgehead atoms. The standard InChI is InChI=1S/C25H28N2O5S/c1-4-32-24-13-9-8-12-22(24)26-25(28)18-27(17-20-10-6-5-7-11-20)33(29,30)21-14-15-23(31-3)19(2)16-21/h5-16H,4,17-18H2,1-3H3,(H,26,28). The molecule has 0 aliphatic heterocycles. The lowest BCUT2D eigenvalue weighted by Gasteiger charge is -2.23. The maximum Gasteiger partial charge on any atom is 0.243 e. The molecule has 0 aliphatic rings. The van der Waals surface area contributed by atoms with Gasteiger partial charge in [0.05, 0.1) is 30.8 Å². The molecule has 0 aromatic heterocycles. The Bertz CT molecular complexity index is 1200. The summed E-state index contributed by atoms with van der Waals surface area (Å²) in [4.78, 5) is 13.0. The van der Waals surface area contributed by atoms with E-state index in [0.717, 1.165) is 5.56 Å². The van der Waals surface area contributed by atoms with Gasteiger partial charge >= 0.3 is 0 Å². The van der Waals surface area contributed by atoms with Crippen LogP contribution < -0.4 is 14.8 Å². The summed E-state index contributed by atoms with van der Waals surface area (Å²) in [6.07, 6.45) is 0. The molecule has 7 nitrogen and oxygen atoms in total. The minimum Gasteiger partial charge on any atom is -0.496 e. The number of carbonyl (C=O) groups is 1. The minimum atomic E-state index is -3.97. The fraction of sp³-hybridized carbons (Fsp3) is 0.240. The van der Waals surface area contributed by atoms with Crippen LogP contribution in [-0.2, 0) is 21.4 Å². The van der Waals surface area contributed by atoms with Crippen LogP contribution in [0.15, 0.2) is 77.7 Å². The summed E-state index contributed by atoms with van der Waals surface area (Å²) in [6, 6.07) is 20.9. The van der Waals surface area contributed by atoms with Gasteiger partial charge in [0.2, 0.25) is 15.9 Å². The number of nitrogens with one attached hydrogen (secondary N) is 1. The van der Waals surface area contributed by atoms with Crippen LogP contribution in [0, 0.1) is 6.92 Å². The molecule has 3 aromatic rings. The van der Waals surface area contributed by atoms with Crippen molar-refractivity contribution in [1.82, 2.24) is 4.31 Å². The van der Waals surface area contributed by atoms with Gasteiger partial charge in [-0.3, -0.25) is 4.79 Å². The van der Waals surface area contributed by atoms with E-state index in [4.69, 9.17) is 9.47 Å². The van der Waals surface area contributed by atoms with Gasteiger partial charge in [-0.15, -0.1) is 0 Å². The third kappa shape index (κ3) is 6.12. The highest BCUT2D eigenvalue weighted by atomic mass is 32.2. The molecule has 33 heavy (non-hydrogen) atoms. The Morgan fingerprint density at radius 2 is 1.67 bits per heavy atom. The predicted molar refractivity (Wildman–Crippen MR) is 128 cm³/mol. The third-order valence-electron chi connectivity index (χ3n) is 4.99. The molecule has 0 spiro atoms. The van der Waals surface area contributed by atoms with Gasteiger partial charge in [0, 0.05) is 6.54 Å². The second kappa shape index (κ2) is 11.0. The number of methoxy groups -OCH3 is 1. The highest BCUT2D eigenvalue weighted by Crippen LogP contribution is 2.26. The Labute approximate surface area is 195 Å². The number of hydrogen-bond acceptors (Lipinski definition) is 5. The molecule has 0 heterocycles. The number of amides is 1. The number of carbonyl (C=O) groups excluding carboxylic acids is 1. The van der Waals surface area contributed by atoms with Gasteiger partial charge in [-0.1, -0.05) is 42.5 Å². The van der Waals surface area contributed by atoms with Crippen molar-refractivity contribution in [1.29, 1.82) is 0 Å². The first-order valence-corrected chi connectivity index (χ1v) is 12.0. The van der Waals surface area contributed by atoms with E-state index in [0.29, 0.717) is 29.4 Å². The lowest BCUT2D eigenvalue weighted by Crippen LogP contribution is -2.37. The van der Waals surface area contributed by atoms with E-state index in [2.05, 4.69) is 5.32 Å². The van der Waals surface area contributed by atoms with Crippen molar-refractivity contribution in [2.45, 2.75) is 25.3 Å². The first kappa shape index (κ1) is 24.3. The quantitative estimate of drug-likeness (QED) is 0.481. The molecule has 0 saturated carbocycles. The molecule has 0 atom stereocenters. The summed E-state index contributed by atoms with van der Waals surface area (Å²) in [6.45, 7) is 3.76. The molecule has 3 rings (SSSR count). The number of ether oxygens (including phenoxy) is 2. The number of rotatable bonds is 10. The van der Waals surface area contributed by atoms with Crippen molar-refractivity contribution in [3.05, 3.63) is 83.9 Å². The third-order valence-corrected chi connectivity index (χ3v) is 6.77. The van der Waals surface area contributed by atoms with Gasteiger partial charge in [0.1, 0.15) is 11.5 Å². The number of aryl methyl sites for hydroxylation is 1. The Balaban J connectivity index is 1.90. The largest absolute Gasteiger partial charge is 0.496 e. The van der Waals surface area contributed by atoms with Gasteiger partial charge in [0.25, 0.3) is 0 Å². The smallest absolute Gasteiger partial charge is 0.243 e. The molecule has 0 saturated heterocycles. The number of benzene rings is 3. The second-order valence-corrected chi connectivity index (χ2v) is 9.31. The minimum absolute atomic E-state index is 0.0504. The van der Waals surface area contributed by atoms with Crippen LogP contribution in [0.25, 0.3) is 0 Å². The molecule has 0 aliphatic carbocycles. The van der Waals surface area contributed by atoms with Crippen LogP contribution in [0.5, 0.6) is 11.5 Å². The summed E-state index contributed by atoms with van der Waals surface area (Å²) in [5.74, 6) is 0.650.